The minimum absolute atomic E-state index is 0. The second kappa shape index (κ2) is 6.21. The van der Waals surface area contributed by atoms with Crippen molar-refractivity contribution in [3.05, 3.63) is 35.9 Å². The first-order chi connectivity index (χ1) is 8.09. The third kappa shape index (κ3) is 3.03. The summed E-state index contributed by atoms with van der Waals surface area (Å²) in [6.45, 7) is 6.04. The molecule has 0 aromatic heterocycles. The van der Waals surface area contributed by atoms with Gasteiger partial charge >= 0.3 is 0 Å². The van der Waals surface area contributed by atoms with E-state index in [1.807, 2.05) is 35.2 Å². The van der Waals surface area contributed by atoms with Crippen LogP contribution in [0.15, 0.2) is 30.3 Å². The molecule has 1 aliphatic rings. The number of nitrogens with two attached hydrogens (primary N) is 1. The van der Waals surface area contributed by atoms with E-state index in [0.717, 1.165) is 18.7 Å². The molecule has 1 heterocycles. The van der Waals surface area contributed by atoms with Crippen LogP contribution >= 0.6 is 12.4 Å². The van der Waals surface area contributed by atoms with Gasteiger partial charge in [-0.2, -0.15) is 0 Å². The summed E-state index contributed by atoms with van der Waals surface area (Å²) >= 11 is 0. The average Bonchev–Trinajstić information content (AvgIpc) is 2.69. The third-order valence-electron chi connectivity index (χ3n) is 3.72. The molecular formula is C14H21ClN2O. The van der Waals surface area contributed by atoms with E-state index in [1.54, 1.807) is 0 Å². The van der Waals surface area contributed by atoms with Crippen molar-refractivity contribution in [2.45, 2.75) is 19.9 Å². The van der Waals surface area contributed by atoms with Crippen molar-refractivity contribution in [1.82, 2.24) is 4.90 Å². The van der Waals surface area contributed by atoms with E-state index in [4.69, 9.17) is 5.73 Å². The average molecular weight is 269 g/mol. The van der Waals surface area contributed by atoms with E-state index in [9.17, 15) is 4.79 Å². The van der Waals surface area contributed by atoms with E-state index in [-0.39, 0.29) is 18.3 Å². The van der Waals surface area contributed by atoms with Crippen molar-refractivity contribution >= 4 is 18.3 Å². The summed E-state index contributed by atoms with van der Waals surface area (Å²) in [6.07, 6.45) is 0. The molecule has 3 unspecified atom stereocenters. The Balaban J connectivity index is 0.00000162. The van der Waals surface area contributed by atoms with Crippen molar-refractivity contribution in [3.63, 3.8) is 0 Å². The number of rotatable bonds is 2. The minimum Gasteiger partial charge on any atom is -0.340 e. The number of hydrogen-bond donors (Lipinski definition) is 1. The maximum absolute atomic E-state index is 12.2. The zero-order valence-corrected chi connectivity index (χ0v) is 11.7. The fraction of sp³-hybridized carbons (Fsp3) is 0.500. The van der Waals surface area contributed by atoms with Crippen LogP contribution in [-0.4, -0.2) is 23.9 Å². The highest BCUT2D eigenvalue weighted by Crippen LogP contribution is 2.24. The number of halogens is 1. The summed E-state index contributed by atoms with van der Waals surface area (Å²) in [4.78, 5) is 14.1. The van der Waals surface area contributed by atoms with Gasteiger partial charge in [0.2, 0.25) is 5.91 Å². The van der Waals surface area contributed by atoms with Gasteiger partial charge in [0, 0.05) is 13.1 Å². The number of carbonyl (C=O) groups is 1. The summed E-state index contributed by atoms with van der Waals surface area (Å²) in [6, 6.07) is 9.06. The fourth-order valence-electron chi connectivity index (χ4n) is 2.31. The van der Waals surface area contributed by atoms with Crippen LogP contribution in [0.1, 0.15) is 25.5 Å². The number of hydrogen-bond acceptors (Lipinski definition) is 2. The second-order valence-electron chi connectivity index (χ2n) is 5.09. The van der Waals surface area contributed by atoms with Gasteiger partial charge in [0.25, 0.3) is 0 Å². The van der Waals surface area contributed by atoms with Crippen LogP contribution in [0.3, 0.4) is 0 Å². The molecule has 4 heteroatoms. The molecule has 0 saturated carbocycles. The number of nitrogens with zero attached hydrogens (tertiary/aromatic N) is 1. The van der Waals surface area contributed by atoms with Crippen LogP contribution in [0.5, 0.6) is 0 Å². The minimum atomic E-state index is -0.520. The van der Waals surface area contributed by atoms with Crippen molar-refractivity contribution < 1.29 is 4.79 Å². The lowest BCUT2D eigenvalue weighted by Gasteiger charge is -2.21. The van der Waals surface area contributed by atoms with E-state index in [1.165, 1.54) is 0 Å². The van der Waals surface area contributed by atoms with E-state index in [2.05, 4.69) is 13.8 Å². The van der Waals surface area contributed by atoms with Gasteiger partial charge in [-0.3, -0.25) is 4.79 Å². The number of amides is 1. The standard InChI is InChI=1S/C14H20N2O.ClH/c1-10-8-16(9-11(10)2)14(17)13(15)12-6-4-3-5-7-12;/h3-7,10-11,13H,8-9,15H2,1-2H3;1H. The Morgan fingerprint density at radius 2 is 1.72 bits per heavy atom. The van der Waals surface area contributed by atoms with Gasteiger partial charge in [0.1, 0.15) is 6.04 Å². The maximum Gasteiger partial charge on any atom is 0.244 e. The Morgan fingerprint density at radius 1 is 1.22 bits per heavy atom. The monoisotopic (exact) mass is 268 g/mol. The molecule has 1 aliphatic heterocycles. The molecule has 1 amide bonds. The highest BCUT2D eigenvalue weighted by molar-refractivity contribution is 5.85. The third-order valence-corrected chi connectivity index (χ3v) is 3.72. The molecule has 1 fully saturated rings. The predicted octanol–water partition coefficient (Wildman–Crippen LogP) is 2.22. The molecule has 100 valence electrons. The molecule has 0 radical (unpaired) electrons. The van der Waals surface area contributed by atoms with Crippen LogP contribution < -0.4 is 5.73 Å². The predicted molar refractivity (Wildman–Crippen MR) is 75.5 cm³/mol. The molecule has 0 spiro atoms. The molecule has 3 nitrogen and oxygen atoms in total. The molecular weight excluding hydrogens is 248 g/mol. The quantitative estimate of drug-likeness (QED) is 0.894. The summed E-state index contributed by atoms with van der Waals surface area (Å²) in [5.74, 6) is 1.19. The Morgan fingerprint density at radius 3 is 2.22 bits per heavy atom. The Labute approximate surface area is 115 Å². The van der Waals surface area contributed by atoms with Gasteiger partial charge in [0.15, 0.2) is 0 Å². The largest absolute Gasteiger partial charge is 0.340 e. The lowest BCUT2D eigenvalue weighted by atomic mass is 10.0. The zero-order valence-electron chi connectivity index (χ0n) is 10.9. The number of likely N-dealkylation sites (tertiary alicyclic amines) is 1. The molecule has 2 rings (SSSR count). The Kier molecular flexibility index (Phi) is 5.17. The molecule has 0 aliphatic carbocycles. The number of carbonyl (C=O) groups excluding carboxylic acids is 1. The lowest BCUT2D eigenvalue weighted by Crippen LogP contribution is -2.37. The van der Waals surface area contributed by atoms with Crippen LogP contribution in [0.25, 0.3) is 0 Å². The van der Waals surface area contributed by atoms with Crippen molar-refractivity contribution in [3.8, 4) is 0 Å². The molecule has 0 bridgehead atoms. The first-order valence-electron chi connectivity index (χ1n) is 6.19. The first kappa shape index (κ1) is 15.0. The Hall–Kier alpha value is -1.06. The molecule has 3 atom stereocenters. The van der Waals surface area contributed by atoms with E-state index in [0.29, 0.717) is 11.8 Å². The van der Waals surface area contributed by atoms with Crippen molar-refractivity contribution in [1.29, 1.82) is 0 Å². The van der Waals surface area contributed by atoms with Gasteiger partial charge in [-0.25, -0.2) is 0 Å². The Bertz CT molecular complexity index is 386. The van der Waals surface area contributed by atoms with Crippen molar-refractivity contribution in [2.24, 2.45) is 17.6 Å². The first-order valence-corrected chi connectivity index (χ1v) is 6.19. The lowest BCUT2D eigenvalue weighted by molar-refractivity contribution is -0.131. The SMILES string of the molecule is CC1CN(C(=O)C(N)c2ccccc2)CC1C.Cl. The van der Waals surface area contributed by atoms with Crippen LogP contribution in [0.2, 0.25) is 0 Å². The number of benzene rings is 1. The van der Waals surface area contributed by atoms with Gasteiger partial charge in [-0.15, -0.1) is 12.4 Å². The smallest absolute Gasteiger partial charge is 0.244 e. The molecule has 18 heavy (non-hydrogen) atoms. The second-order valence-corrected chi connectivity index (χ2v) is 5.09. The van der Waals surface area contributed by atoms with Crippen LogP contribution in [0.4, 0.5) is 0 Å². The summed E-state index contributed by atoms with van der Waals surface area (Å²) in [7, 11) is 0. The zero-order chi connectivity index (χ0) is 12.4. The normalized spacial score (nSPS) is 24.5. The maximum atomic E-state index is 12.2. The summed E-state index contributed by atoms with van der Waals surface area (Å²) in [5, 5.41) is 0. The van der Waals surface area contributed by atoms with Crippen LogP contribution in [-0.2, 0) is 4.79 Å². The molecule has 1 aromatic rings. The van der Waals surface area contributed by atoms with Gasteiger partial charge in [-0.1, -0.05) is 44.2 Å². The molecule has 2 N–H and O–H groups in total. The van der Waals surface area contributed by atoms with E-state index < -0.39 is 6.04 Å². The molecule has 1 saturated heterocycles. The van der Waals surface area contributed by atoms with Gasteiger partial charge in [0.05, 0.1) is 0 Å². The molecule has 1 aromatic carbocycles. The van der Waals surface area contributed by atoms with Crippen molar-refractivity contribution in [2.75, 3.05) is 13.1 Å². The van der Waals surface area contributed by atoms with E-state index >= 15 is 0 Å². The fourth-order valence-corrected chi connectivity index (χ4v) is 2.31. The van der Waals surface area contributed by atoms with Crippen LogP contribution in [0, 0.1) is 11.8 Å². The van der Waals surface area contributed by atoms with Gasteiger partial charge < -0.3 is 10.6 Å². The highest BCUT2D eigenvalue weighted by atomic mass is 35.5. The highest BCUT2D eigenvalue weighted by Gasteiger charge is 2.32. The summed E-state index contributed by atoms with van der Waals surface area (Å²) < 4.78 is 0. The van der Waals surface area contributed by atoms with Gasteiger partial charge in [-0.05, 0) is 17.4 Å². The summed E-state index contributed by atoms with van der Waals surface area (Å²) in [5.41, 5.74) is 6.91. The topological polar surface area (TPSA) is 46.3 Å².